The average molecular weight is 474 g/mol. The van der Waals surface area contributed by atoms with E-state index >= 15 is 0 Å². The molecular weight excluding hydrogens is 442 g/mol. The van der Waals surface area contributed by atoms with Gasteiger partial charge < -0.3 is 14.6 Å². The normalized spacial score (nSPS) is 12.0. The number of aryl methyl sites for hydroxylation is 2. The van der Waals surface area contributed by atoms with Gasteiger partial charge in [-0.05, 0) is 44.5 Å². The van der Waals surface area contributed by atoms with Crippen molar-refractivity contribution in [3.8, 4) is 5.88 Å². The summed E-state index contributed by atoms with van der Waals surface area (Å²) in [5.41, 5.74) is 2.33. The molecule has 10 heteroatoms. The van der Waals surface area contributed by atoms with E-state index in [0.29, 0.717) is 30.9 Å². The monoisotopic (exact) mass is 473 g/mol. The number of hydrogen-bond donors (Lipinski definition) is 1. The predicted octanol–water partition coefficient (Wildman–Crippen LogP) is 2.74. The van der Waals surface area contributed by atoms with Crippen LogP contribution in [0.15, 0.2) is 41.4 Å². The van der Waals surface area contributed by atoms with Crippen LogP contribution in [0.3, 0.4) is 0 Å². The van der Waals surface area contributed by atoms with Gasteiger partial charge in [0.05, 0.1) is 22.0 Å². The maximum absolute atomic E-state index is 12.4. The van der Waals surface area contributed by atoms with Crippen molar-refractivity contribution in [1.82, 2.24) is 24.2 Å². The number of amides is 1. The van der Waals surface area contributed by atoms with Crippen molar-refractivity contribution in [2.45, 2.75) is 57.7 Å². The van der Waals surface area contributed by atoms with Gasteiger partial charge in [-0.15, -0.1) is 0 Å². The summed E-state index contributed by atoms with van der Waals surface area (Å²) < 4.78 is 33.6. The molecule has 0 aliphatic rings. The molecule has 1 amide bonds. The fourth-order valence-corrected chi connectivity index (χ4v) is 4.34. The molecule has 1 N–H and O–H groups in total. The van der Waals surface area contributed by atoms with Gasteiger partial charge >= 0.3 is 0 Å². The van der Waals surface area contributed by atoms with E-state index in [0.717, 1.165) is 16.9 Å². The number of nitrogens with zero attached hydrogens (tertiary/aromatic N) is 4. The lowest BCUT2D eigenvalue weighted by atomic mass is 10.2. The average Bonchev–Trinajstić information content (AvgIpc) is 3.13. The highest BCUT2D eigenvalue weighted by atomic mass is 32.2. The first kappa shape index (κ1) is 24.7. The fourth-order valence-electron chi connectivity index (χ4n) is 3.42. The highest BCUT2D eigenvalue weighted by molar-refractivity contribution is 7.89. The second-order valence-corrected chi connectivity index (χ2v) is 10.3. The van der Waals surface area contributed by atoms with Gasteiger partial charge in [-0.1, -0.05) is 6.07 Å². The molecule has 0 saturated carbocycles. The van der Waals surface area contributed by atoms with Crippen molar-refractivity contribution in [2.24, 2.45) is 0 Å². The van der Waals surface area contributed by atoms with Gasteiger partial charge in [0.25, 0.3) is 0 Å². The van der Waals surface area contributed by atoms with Crippen LogP contribution >= 0.6 is 0 Å². The summed E-state index contributed by atoms with van der Waals surface area (Å²) in [4.78, 5) is 21.5. The predicted molar refractivity (Wildman–Crippen MR) is 126 cm³/mol. The van der Waals surface area contributed by atoms with Gasteiger partial charge in [0, 0.05) is 52.3 Å². The largest absolute Gasteiger partial charge is 0.475 e. The molecule has 0 saturated heterocycles. The van der Waals surface area contributed by atoms with Gasteiger partial charge in [-0.2, -0.15) is 0 Å². The molecule has 2 aromatic heterocycles. The van der Waals surface area contributed by atoms with Gasteiger partial charge in [-0.3, -0.25) is 4.79 Å². The fraction of sp³-hybridized carbons (Fsp3) is 0.435. The van der Waals surface area contributed by atoms with Crippen LogP contribution in [0, 0.1) is 0 Å². The number of sulfonamides is 1. The Balaban J connectivity index is 1.64. The third kappa shape index (κ3) is 5.88. The van der Waals surface area contributed by atoms with Crippen LogP contribution in [-0.2, 0) is 34.3 Å². The topological polar surface area (TPSA) is 106 Å². The Morgan fingerprint density at radius 1 is 1.21 bits per heavy atom. The van der Waals surface area contributed by atoms with Crippen LogP contribution in [0.1, 0.15) is 38.6 Å². The number of rotatable bonds is 10. The Morgan fingerprint density at radius 2 is 1.97 bits per heavy atom. The van der Waals surface area contributed by atoms with Crippen LogP contribution in [0.4, 0.5) is 0 Å². The van der Waals surface area contributed by atoms with E-state index < -0.39 is 10.0 Å². The summed E-state index contributed by atoms with van der Waals surface area (Å²) in [6, 6.07) is 8.61. The van der Waals surface area contributed by atoms with Crippen LogP contribution in [0.25, 0.3) is 11.0 Å². The number of pyridine rings is 1. The van der Waals surface area contributed by atoms with E-state index in [1.807, 2.05) is 31.4 Å². The molecule has 0 fully saturated rings. The van der Waals surface area contributed by atoms with Crippen molar-refractivity contribution in [2.75, 3.05) is 14.1 Å². The van der Waals surface area contributed by atoms with E-state index in [9.17, 15) is 13.2 Å². The summed E-state index contributed by atoms with van der Waals surface area (Å²) in [5.74, 6) is 1.21. The van der Waals surface area contributed by atoms with E-state index in [1.54, 1.807) is 30.5 Å². The molecule has 0 spiro atoms. The minimum atomic E-state index is -3.54. The van der Waals surface area contributed by atoms with Gasteiger partial charge in [0.1, 0.15) is 5.82 Å². The number of benzene rings is 1. The third-order valence-electron chi connectivity index (χ3n) is 5.11. The molecule has 0 radical (unpaired) electrons. The Morgan fingerprint density at radius 3 is 2.58 bits per heavy atom. The Labute approximate surface area is 194 Å². The van der Waals surface area contributed by atoms with Crippen molar-refractivity contribution in [1.29, 1.82) is 0 Å². The molecule has 0 aliphatic carbocycles. The minimum absolute atomic E-state index is 0.0550. The molecule has 3 rings (SSSR count). The minimum Gasteiger partial charge on any atom is -0.475 e. The standard InChI is InChI=1S/C23H31N5O4S/c1-6-28-20-9-8-18(33(30,31)27(4)5)13-19(20)26-21(28)10-11-22(29)24-14-17-7-12-23(25-15-17)32-16(2)3/h7-9,12-13,15-16H,6,10-11,14H2,1-5H3,(H,24,29). The summed E-state index contributed by atoms with van der Waals surface area (Å²) in [5, 5.41) is 2.90. The second-order valence-electron chi connectivity index (χ2n) is 8.16. The first-order valence-corrected chi connectivity index (χ1v) is 12.4. The highest BCUT2D eigenvalue weighted by Gasteiger charge is 2.19. The molecule has 0 unspecified atom stereocenters. The molecule has 1 aromatic carbocycles. The lowest BCUT2D eigenvalue weighted by Crippen LogP contribution is -2.23. The lowest BCUT2D eigenvalue weighted by Gasteiger charge is -2.11. The molecule has 0 bridgehead atoms. The lowest BCUT2D eigenvalue weighted by molar-refractivity contribution is -0.121. The number of ether oxygens (including phenoxy) is 1. The van der Waals surface area contributed by atoms with Crippen molar-refractivity contribution in [3.63, 3.8) is 0 Å². The maximum atomic E-state index is 12.4. The summed E-state index contributed by atoms with van der Waals surface area (Å²) in [6.07, 6.45) is 2.46. The summed E-state index contributed by atoms with van der Waals surface area (Å²) in [6.45, 7) is 6.92. The molecular formula is C23H31N5O4S. The van der Waals surface area contributed by atoms with Crippen LogP contribution < -0.4 is 10.1 Å². The number of nitrogens with one attached hydrogen (secondary N) is 1. The molecule has 0 atom stereocenters. The van der Waals surface area contributed by atoms with Gasteiger partial charge in [0.2, 0.25) is 21.8 Å². The van der Waals surface area contributed by atoms with Crippen molar-refractivity contribution in [3.05, 3.63) is 47.9 Å². The Kier molecular flexibility index (Phi) is 7.70. The maximum Gasteiger partial charge on any atom is 0.242 e. The third-order valence-corrected chi connectivity index (χ3v) is 6.92. The first-order chi connectivity index (χ1) is 15.6. The molecule has 3 aromatic rings. The Bertz CT molecular complexity index is 1220. The number of hydrogen-bond acceptors (Lipinski definition) is 6. The van der Waals surface area contributed by atoms with Crippen LogP contribution in [0.2, 0.25) is 0 Å². The number of fused-ring (bicyclic) bond motifs is 1. The molecule has 33 heavy (non-hydrogen) atoms. The molecule has 178 valence electrons. The summed E-state index contributed by atoms with van der Waals surface area (Å²) in [7, 11) is -0.544. The zero-order chi connectivity index (χ0) is 24.2. The number of aromatic nitrogens is 3. The molecule has 2 heterocycles. The van der Waals surface area contributed by atoms with Crippen molar-refractivity contribution < 1.29 is 17.9 Å². The molecule has 0 aliphatic heterocycles. The van der Waals surface area contributed by atoms with E-state index in [4.69, 9.17) is 4.74 Å². The van der Waals surface area contributed by atoms with E-state index in [2.05, 4.69) is 15.3 Å². The SMILES string of the molecule is CCn1c(CCC(=O)NCc2ccc(OC(C)C)nc2)nc2cc(S(=O)(=O)N(C)C)ccc21. The summed E-state index contributed by atoms with van der Waals surface area (Å²) >= 11 is 0. The Hall–Kier alpha value is -2.98. The smallest absolute Gasteiger partial charge is 0.242 e. The quantitative estimate of drug-likeness (QED) is 0.485. The van der Waals surface area contributed by atoms with Crippen molar-refractivity contribution >= 4 is 27.0 Å². The number of carbonyl (C=O) groups excluding carboxylic acids is 1. The van der Waals surface area contributed by atoms with Crippen LogP contribution in [0.5, 0.6) is 5.88 Å². The van der Waals surface area contributed by atoms with Gasteiger partial charge in [0.15, 0.2) is 0 Å². The van der Waals surface area contributed by atoms with Gasteiger partial charge in [-0.25, -0.2) is 22.7 Å². The highest BCUT2D eigenvalue weighted by Crippen LogP contribution is 2.22. The second kappa shape index (κ2) is 10.3. The zero-order valence-corrected chi connectivity index (χ0v) is 20.5. The molecule has 9 nitrogen and oxygen atoms in total. The van der Waals surface area contributed by atoms with Crippen LogP contribution in [-0.4, -0.2) is 53.4 Å². The number of carbonyl (C=O) groups is 1. The van der Waals surface area contributed by atoms with E-state index in [-0.39, 0.29) is 23.3 Å². The number of imidazole rings is 1. The zero-order valence-electron chi connectivity index (χ0n) is 19.7. The first-order valence-electron chi connectivity index (χ1n) is 10.9. The van der Waals surface area contributed by atoms with E-state index in [1.165, 1.54) is 18.4 Å².